The third-order valence-electron chi connectivity index (χ3n) is 2.34. The van der Waals surface area contributed by atoms with Crippen molar-refractivity contribution >= 4 is 40.5 Å². The first-order valence-electron chi connectivity index (χ1n) is 5.39. The Kier molecular flexibility index (Phi) is 5.16. The van der Waals surface area contributed by atoms with Gasteiger partial charge < -0.3 is 4.74 Å². The topological polar surface area (TPSA) is 75.7 Å². The van der Waals surface area contributed by atoms with Crippen LogP contribution >= 0.6 is 22.6 Å². The number of carbonyl (C=O) groups excluding carboxylic acids is 3. The number of hydrogen-bond donors (Lipinski definition) is 1. The van der Waals surface area contributed by atoms with Gasteiger partial charge in [0, 0.05) is 16.8 Å². The molecule has 0 spiro atoms. The molecule has 2 atom stereocenters. The molecule has 96 valence electrons. The zero-order valence-corrected chi connectivity index (χ0v) is 11.9. The second-order valence-corrected chi connectivity index (χ2v) is 5.61. The summed E-state index contributed by atoms with van der Waals surface area (Å²) in [4.78, 5) is 35.6. The summed E-state index contributed by atoms with van der Waals surface area (Å²) < 4.78 is 4.66. The van der Waals surface area contributed by atoms with E-state index in [0.717, 1.165) is 4.90 Å². The van der Waals surface area contributed by atoms with Gasteiger partial charge >= 0.3 is 6.09 Å². The van der Waals surface area contributed by atoms with Crippen LogP contribution in [0.4, 0.5) is 4.79 Å². The fourth-order valence-electron chi connectivity index (χ4n) is 1.58. The Morgan fingerprint density at radius 1 is 1.47 bits per heavy atom. The molecule has 17 heavy (non-hydrogen) atoms. The monoisotopic (exact) mass is 354 g/mol. The molecule has 7 heteroatoms. The van der Waals surface area contributed by atoms with Gasteiger partial charge in [0.15, 0.2) is 0 Å². The lowest BCUT2D eigenvalue weighted by Gasteiger charge is -2.28. The van der Waals surface area contributed by atoms with Gasteiger partial charge in [0.05, 0.1) is 6.61 Å². The first-order chi connectivity index (χ1) is 7.97. The smallest absolute Gasteiger partial charge is 0.408 e. The first kappa shape index (κ1) is 14.2. The Morgan fingerprint density at radius 3 is 2.41 bits per heavy atom. The lowest BCUT2D eigenvalue weighted by Crippen LogP contribution is -2.54. The number of imide groups is 1. The molecule has 3 amide bonds. The minimum absolute atomic E-state index is 0.0944. The Morgan fingerprint density at radius 2 is 2.00 bits per heavy atom. The highest BCUT2D eigenvalue weighted by Gasteiger charge is 2.37. The van der Waals surface area contributed by atoms with Gasteiger partial charge in [-0.25, -0.2) is 4.79 Å². The molecule has 1 aliphatic rings. The van der Waals surface area contributed by atoms with Crippen molar-refractivity contribution in [1.82, 2.24) is 10.2 Å². The number of halogens is 1. The van der Waals surface area contributed by atoms with Crippen molar-refractivity contribution in [2.75, 3.05) is 6.61 Å². The lowest BCUT2D eigenvalue weighted by atomic mass is 10.3. The number of nitrogens with one attached hydrogen (secondary N) is 1. The van der Waals surface area contributed by atoms with Crippen LogP contribution < -0.4 is 5.32 Å². The van der Waals surface area contributed by atoms with E-state index in [0.29, 0.717) is 0 Å². The second-order valence-electron chi connectivity index (χ2n) is 3.64. The Bertz CT molecular complexity index is 316. The maximum atomic E-state index is 11.6. The molecule has 0 aliphatic carbocycles. The Hall–Kier alpha value is -0.860. The zero-order valence-electron chi connectivity index (χ0n) is 9.73. The molecule has 0 bridgehead atoms. The molecule has 1 N–H and O–H groups in total. The minimum atomic E-state index is -0.642. The number of carbonyl (C=O) groups is 3. The van der Waals surface area contributed by atoms with Crippen LogP contribution in [0.5, 0.6) is 0 Å². The van der Waals surface area contributed by atoms with E-state index in [2.05, 4.69) is 27.9 Å². The third-order valence-corrected chi connectivity index (χ3v) is 3.03. The normalized spacial score (nSPS) is 19.1. The summed E-state index contributed by atoms with van der Waals surface area (Å²) in [7, 11) is 0. The maximum absolute atomic E-state index is 11.6. The number of likely N-dealkylation sites (tertiary alicyclic amines) is 1. The molecule has 0 aromatic carbocycles. The standard InChI is InChI=1S/C10H15IN2O4/c1-3-17-10(16)12-9(6(2)11)13-7(14)4-5-8(13)15/h6,9H,3-5H2,1-2H3,(H,12,16)/t6-,9+/m0/s1. The fraction of sp³-hybridized carbons (Fsp3) is 0.700. The average Bonchev–Trinajstić information content (AvgIpc) is 2.56. The summed E-state index contributed by atoms with van der Waals surface area (Å²) in [5.41, 5.74) is 0. The van der Waals surface area contributed by atoms with E-state index in [1.54, 1.807) is 6.92 Å². The maximum Gasteiger partial charge on any atom is 0.408 e. The van der Waals surface area contributed by atoms with Crippen LogP contribution in [-0.2, 0) is 14.3 Å². The van der Waals surface area contributed by atoms with Gasteiger partial charge in [0.25, 0.3) is 0 Å². The molecule has 1 rings (SSSR count). The van der Waals surface area contributed by atoms with Crippen LogP contribution in [0.2, 0.25) is 0 Å². The molecule has 0 aromatic heterocycles. The summed E-state index contributed by atoms with van der Waals surface area (Å²) in [6.45, 7) is 3.75. The fourth-order valence-corrected chi connectivity index (χ4v) is 2.08. The van der Waals surface area contributed by atoms with Crippen LogP contribution in [0.3, 0.4) is 0 Å². The zero-order chi connectivity index (χ0) is 13.0. The number of rotatable bonds is 4. The van der Waals surface area contributed by atoms with Gasteiger partial charge in [-0.05, 0) is 13.8 Å². The summed E-state index contributed by atoms with van der Waals surface area (Å²) in [5, 5.41) is 2.54. The van der Waals surface area contributed by atoms with Gasteiger partial charge in [-0.1, -0.05) is 22.6 Å². The number of amides is 3. The highest BCUT2D eigenvalue weighted by Crippen LogP contribution is 2.19. The number of hydrogen-bond acceptors (Lipinski definition) is 4. The van der Waals surface area contributed by atoms with Crippen molar-refractivity contribution in [3.63, 3.8) is 0 Å². The molecule has 0 aromatic rings. The highest BCUT2D eigenvalue weighted by molar-refractivity contribution is 14.1. The number of nitrogens with zero attached hydrogens (tertiary/aromatic N) is 1. The van der Waals surface area contributed by atoms with Crippen LogP contribution in [-0.4, -0.2) is 39.5 Å². The Labute approximate surface area is 113 Å². The second kappa shape index (κ2) is 6.18. The van der Waals surface area contributed by atoms with E-state index >= 15 is 0 Å². The molecule has 1 saturated heterocycles. The molecule has 1 aliphatic heterocycles. The van der Waals surface area contributed by atoms with Crippen molar-refractivity contribution in [2.24, 2.45) is 0 Å². The highest BCUT2D eigenvalue weighted by atomic mass is 127. The van der Waals surface area contributed by atoms with Crippen molar-refractivity contribution in [3.8, 4) is 0 Å². The summed E-state index contributed by atoms with van der Waals surface area (Å²) in [6.07, 6.45) is -0.836. The van der Waals surface area contributed by atoms with E-state index in [1.165, 1.54) is 0 Å². The van der Waals surface area contributed by atoms with Gasteiger partial charge in [0.2, 0.25) is 11.8 Å². The van der Waals surface area contributed by atoms with E-state index in [9.17, 15) is 14.4 Å². The first-order valence-corrected chi connectivity index (χ1v) is 6.64. The van der Waals surface area contributed by atoms with Gasteiger partial charge in [-0.2, -0.15) is 0 Å². The van der Waals surface area contributed by atoms with Crippen LogP contribution in [0.25, 0.3) is 0 Å². The van der Waals surface area contributed by atoms with Gasteiger partial charge in [-0.3, -0.25) is 19.8 Å². The summed E-state index contributed by atoms with van der Waals surface area (Å²) >= 11 is 2.06. The lowest BCUT2D eigenvalue weighted by molar-refractivity contribution is -0.141. The molecule has 1 heterocycles. The van der Waals surface area contributed by atoms with E-state index < -0.39 is 12.3 Å². The predicted octanol–water partition coefficient (Wildman–Crippen LogP) is 1.03. The summed E-state index contributed by atoms with van der Waals surface area (Å²) in [6, 6.07) is 0. The molecule has 6 nitrogen and oxygen atoms in total. The van der Waals surface area contributed by atoms with E-state index in [-0.39, 0.29) is 35.2 Å². The Balaban J connectivity index is 2.75. The van der Waals surface area contributed by atoms with Crippen molar-refractivity contribution in [1.29, 1.82) is 0 Å². The number of alkyl halides is 1. The molecule has 1 fully saturated rings. The van der Waals surface area contributed by atoms with Crippen molar-refractivity contribution in [2.45, 2.75) is 36.8 Å². The van der Waals surface area contributed by atoms with Crippen LogP contribution in [0.15, 0.2) is 0 Å². The van der Waals surface area contributed by atoms with E-state index in [1.807, 2.05) is 6.92 Å². The minimum Gasteiger partial charge on any atom is -0.450 e. The molecule has 0 saturated carbocycles. The summed E-state index contributed by atoms with van der Waals surface area (Å²) in [5.74, 6) is -0.499. The largest absolute Gasteiger partial charge is 0.450 e. The molecule has 0 unspecified atom stereocenters. The molecular formula is C10H15IN2O4. The quantitative estimate of drug-likeness (QED) is 0.465. The third kappa shape index (κ3) is 3.55. The molecule has 0 radical (unpaired) electrons. The SMILES string of the molecule is CCOC(=O)N[C@@H]([C@H](C)I)N1C(=O)CCC1=O. The van der Waals surface area contributed by atoms with Crippen molar-refractivity contribution in [3.05, 3.63) is 0 Å². The van der Waals surface area contributed by atoms with E-state index in [4.69, 9.17) is 4.74 Å². The average molecular weight is 354 g/mol. The van der Waals surface area contributed by atoms with Crippen LogP contribution in [0.1, 0.15) is 26.7 Å². The van der Waals surface area contributed by atoms with Gasteiger partial charge in [0.1, 0.15) is 6.17 Å². The van der Waals surface area contributed by atoms with Crippen molar-refractivity contribution < 1.29 is 19.1 Å². The predicted molar refractivity (Wildman–Crippen MR) is 68.5 cm³/mol. The number of ether oxygens (including phenoxy) is 1. The number of alkyl carbamates (subject to hydrolysis) is 1. The van der Waals surface area contributed by atoms with Crippen LogP contribution in [0, 0.1) is 0 Å². The molecular weight excluding hydrogens is 339 g/mol. The van der Waals surface area contributed by atoms with Gasteiger partial charge in [-0.15, -0.1) is 0 Å².